The average Bonchev–Trinajstić information content (AvgIpc) is 3.11. The van der Waals surface area contributed by atoms with Crippen molar-refractivity contribution in [2.45, 2.75) is 27.7 Å². The molecule has 0 aliphatic carbocycles. The molecule has 1 unspecified atom stereocenters. The standard InChI is InChI=1S/C31H22Cl3N11O10S3/c1-13(12-36-29-39-26(32)18(11-35)27(33)40-29)37-30-41-28(34)42-31(43-30)38-20-10-16(56(47,48)49)8-15-9-21(57(50,51)52)23(24(46)22(15)20)45-44-19-7-6-14-4-2-3-5-17(14)25(19)58(53,54)55/h2-10,13,46H,12H2,1H3,(H,36,39,40)(H,47,48,49)(H,50,51,52)(H,53,54,55)(H2,37,38,41,42,43). The lowest BCUT2D eigenvalue weighted by Crippen LogP contribution is -2.27. The van der Waals surface area contributed by atoms with Crippen LogP contribution >= 0.6 is 34.8 Å². The number of anilines is 4. The van der Waals surface area contributed by atoms with Gasteiger partial charge in [0, 0.05) is 23.4 Å². The molecule has 1 atom stereocenters. The van der Waals surface area contributed by atoms with Crippen molar-refractivity contribution in [2.24, 2.45) is 10.2 Å². The lowest BCUT2D eigenvalue weighted by molar-refractivity contribution is 0.472. The van der Waals surface area contributed by atoms with Crippen LogP contribution in [0.25, 0.3) is 21.5 Å². The first kappa shape index (κ1) is 42.0. The van der Waals surface area contributed by atoms with Crippen LogP contribution < -0.4 is 16.0 Å². The number of azo groups is 1. The van der Waals surface area contributed by atoms with E-state index in [-0.39, 0.29) is 45.6 Å². The maximum atomic E-state index is 12.6. The minimum Gasteiger partial charge on any atom is -0.505 e. The van der Waals surface area contributed by atoms with E-state index in [1.54, 1.807) is 25.1 Å². The van der Waals surface area contributed by atoms with Gasteiger partial charge in [-0.1, -0.05) is 53.5 Å². The number of aromatic hydroxyl groups is 1. The van der Waals surface area contributed by atoms with Gasteiger partial charge < -0.3 is 21.1 Å². The number of hydrogen-bond donors (Lipinski definition) is 7. The monoisotopic (exact) mass is 909 g/mol. The minimum atomic E-state index is -5.31. The largest absolute Gasteiger partial charge is 0.505 e. The summed E-state index contributed by atoms with van der Waals surface area (Å²) in [7, 11) is -15.3. The van der Waals surface area contributed by atoms with Crippen LogP contribution in [0.1, 0.15) is 12.5 Å². The number of nitrogens with zero attached hydrogens (tertiary/aromatic N) is 8. The first-order valence-corrected chi connectivity index (χ1v) is 21.1. The Morgan fingerprint density at radius 2 is 1.47 bits per heavy atom. The van der Waals surface area contributed by atoms with Gasteiger partial charge in [-0.3, -0.25) is 13.7 Å². The zero-order valence-electron chi connectivity index (χ0n) is 28.7. The summed E-state index contributed by atoms with van der Waals surface area (Å²) in [6.07, 6.45) is 0. The lowest BCUT2D eigenvalue weighted by Gasteiger charge is -2.17. The highest BCUT2D eigenvalue weighted by molar-refractivity contribution is 7.86. The fourth-order valence-corrected chi connectivity index (χ4v) is 8.04. The Bertz CT molecular complexity index is 3080. The highest BCUT2D eigenvalue weighted by atomic mass is 35.5. The third-order valence-corrected chi connectivity index (χ3v) is 11.2. The number of phenols is 1. The van der Waals surface area contributed by atoms with Gasteiger partial charge in [0.25, 0.3) is 30.4 Å². The molecule has 6 aromatic rings. The van der Waals surface area contributed by atoms with Crippen LogP contribution in [0.15, 0.2) is 79.5 Å². The molecule has 2 heterocycles. The van der Waals surface area contributed by atoms with Gasteiger partial charge in [0.1, 0.15) is 32.8 Å². The van der Waals surface area contributed by atoms with Gasteiger partial charge in [-0.05, 0) is 53.6 Å². The van der Waals surface area contributed by atoms with Crippen molar-refractivity contribution in [3.63, 3.8) is 0 Å². The Hall–Kier alpha value is -5.62. The summed E-state index contributed by atoms with van der Waals surface area (Å²) >= 11 is 18.1. The molecule has 0 saturated carbocycles. The molecule has 0 fully saturated rings. The Morgan fingerprint density at radius 1 is 0.793 bits per heavy atom. The van der Waals surface area contributed by atoms with Gasteiger partial charge >= 0.3 is 0 Å². The number of hydrogen-bond acceptors (Lipinski definition) is 18. The summed E-state index contributed by atoms with van der Waals surface area (Å²) in [4.78, 5) is 17.4. The average molecular weight is 911 g/mol. The fourth-order valence-electron chi connectivity index (χ4n) is 5.37. The van der Waals surface area contributed by atoms with E-state index in [2.05, 4.69) is 51.1 Å². The Balaban J connectivity index is 1.42. The molecule has 4 aromatic carbocycles. The van der Waals surface area contributed by atoms with Crippen LogP contribution in [-0.2, 0) is 30.4 Å². The van der Waals surface area contributed by atoms with Crippen molar-refractivity contribution < 1.29 is 44.0 Å². The highest BCUT2D eigenvalue weighted by Crippen LogP contribution is 2.46. The van der Waals surface area contributed by atoms with Crippen LogP contribution in [0.3, 0.4) is 0 Å². The number of benzene rings is 4. The third-order valence-electron chi connectivity index (χ3n) is 7.80. The quantitative estimate of drug-likeness (QED) is 0.0401. The molecule has 0 radical (unpaired) electrons. The van der Waals surface area contributed by atoms with Crippen molar-refractivity contribution in [3.8, 4) is 11.8 Å². The van der Waals surface area contributed by atoms with E-state index in [9.17, 15) is 44.0 Å². The molecule has 0 saturated heterocycles. The van der Waals surface area contributed by atoms with Gasteiger partial charge in [0.15, 0.2) is 16.1 Å². The molecule has 21 nitrogen and oxygen atoms in total. The van der Waals surface area contributed by atoms with Crippen molar-refractivity contribution in [1.29, 1.82) is 5.26 Å². The number of aromatic nitrogens is 5. The topological polar surface area (TPSA) is 332 Å². The Kier molecular flexibility index (Phi) is 11.6. The second kappa shape index (κ2) is 16.0. The molecule has 0 amide bonds. The number of phenolic OH excluding ortho intramolecular Hbond substituents is 1. The Morgan fingerprint density at radius 3 is 2.10 bits per heavy atom. The summed E-state index contributed by atoms with van der Waals surface area (Å²) in [6.45, 7) is 1.77. The van der Waals surface area contributed by atoms with Crippen molar-refractivity contribution in [2.75, 3.05) is 22.5 Å². The zero-order valence-corrected chi connectivity index (χ0v) is 33.4. The highest BCUT2D eigenvalue weighted by Gasteiger charge is 2.27. The third kappa shape index (κ3) is 9.07. The molecule has 58 heavy (non-hydrogen) atoms. The zero-order chi connectivity index (χ0) is 42.3. The number of nitrogens with one attached hydrogen (secondary N) is 3. The fraction of sp³-hybridized carbons (Fsp3) is 0.0968. The first-order valence-electron chi connectivity index (χ1n) is 15.7. The molecule has 0 aliphatic rings. The number of halogens is 3. The Labute approximate surface area is 342 Å². The lowest BCUT2D eigenvalue weighted by atomic mass is 10.1. The van der Waals surface area contributed by atoms with Gasteiger partial charge in [-0.25, -0.2) is 0 Å². The maximum Gasteiger partial charge on any atom is 0.297 e. The second-order valence-corrected chi connectivity index (χ2v) is 17.0. The summed E-state index contributed by atoms with van der Waals surface area (Å²) in [5.41, 5.74) is -1.97. The summed E-state index contributed by atoms with van der Waals surface area (Å²) < 4.78 is 105. The summed E-state index contributed by atoms with van der Waals surface area (Å²) in [6, 6.07) is 12.1. The molecule has 300 valence electrons. The van der Waals surface area contributed by atoms with E-state index in [1.807, 2.05) is 0 Å². The molecular weight excluding hydrogens is 889 g/mol. The van der Waals surface area contributed by atoms with E-state index in [4.69, 9.17) is 40.1 Å². The molecule has 7 N–H and O–H groups in total. The normalized spacial score (nSPS) is 12.8. The molecule has 0 spiro atoms. The summed E-state index contributed by atoms with van der Waals surface area (Å²) in [5.74, 6) is -1.60. The SMILES string of the molecule is CC(CNc1nc(Cl)c(C#N)c(Cl)n1)Nc1nc(Cl)nc(Nc2cc(S(=O)(=O)O)cc3cc(S(=O)(=O)O)c(N=Nc4ccc5ccccc5c4S(=O)(=O)O)c(O)c23)n1. The van der Waals surface area contributed by atoms with E-state index in [1.165, 1.54) is 18.2 Å². The van der Waals surface area contributed by atoms with Crippen LogP contribution in [0.2, 0.25) is 15.6 Å². The van der Waals surface area contributed by atoms with Crippen LogP contribution in [-0.4, -0.2) is 81.5 Å². The first-order chi connectivity index (χ1) is 27.1. The van der Waals surface area contributed by atoms with Crippen LogP contribution in [0, 0.1) is 11.3 Å². The molecule has 0 bridgehead atoms. The molecule has 0 aliphatic heterocycles. The van der Waals surface area contributed by atoms with E-state index in [0.717, 1.165) is 18.2 Å². The smallest absolute Gasteiger partial charge is 0.297 e. The van der Waals surface area contributed by atoms with Crippen molar-refractivity contribution in [3.05, 3.63) is 75.8 Å². The van der Waals surface area contributed by atoms with Crippen molar-refractivity contribution in [1.82, 2.24) is 24.9 Å². The van der Waals surface area contributed by atoms with E-state index in [0.29, 0.717) is 11.5 Å². The summed E-state index contributed by atoms with van der Waals surface area (Å²) in [5, 5.41) is 35.5. The van der Waals surface area contributed by atoms with Gasteiger partial charge in [-0.15, -0.1) is 10.2 Å². The molecular formula is C31H22Cl3N11O10S3. The van der Waals surface area contributed by atoms with Crippen LogP contribution in [0.4, 0.5) is 34.9 Å². The van der Waals surface area contributed by atoms with Gasteiger partial charge in [-0.2, -0.15) is 55.4 Å². The van der Waals surface area contributed by atoms with Gasteiger partial charge in [0.05, 0.1) is 10.6 Å². The molecule has 2 aromatic heterocycles. The predicted octanol–water partition coefficient (Wildman–Crippen LogP) is 6.32. The van der Waals surface area contributed by atoms with Crippen LogP contribution in [0.5, 0.6) is 5.75 Å². The molecule has 6 rings (SSSR count). The number of fused-ring (bicyclic) bond motifs is 2. The number of rotatable bonds is 12. The molecule has 27 heteroatoms. The van der Waals surface area contributed by atoms with E-state index < -0.39 is 90.0 Å². The minimum absolute atomic E-state index is 0.00344. The van der Waals surface area contributed by atoms with E-state index >= 15 is 0 Å². The van der Waals surface area contributed by atoms with Crippen molar-refractivity contribution >= 4 is 122 Å². The number of nitriles is 1. The predicted molar refractivity (Wildman–Crippen MR) is 210 cm³/mol. The maximum absolute atomic E-state index is 12.6. The van der Waals surface area contributed by atoms with Gasteiger partial charge in [0.2, 0.25) is 23.1 Å². The second-order valence-electron chi connectivity index (χ2n) is 11.8.